The Hall–Kier alpha value is -4.27. The number of amides is 3. The lowest BCUT2D eigenvalue weighted by atomic mass is 10.0. The summed E-state index contributed by atoms with van der Waals surface area (Å²) in [7, 11) is 0. The van der Waals surface area contributed by atoms with E-state index in [2.05, 4.69) is 10.6 Å². The molecule has 3 amide bonds. The van der Waals surface area contributed by atoms with Gasteiger partial charge in [0, 0.05) is 23.9 Å². The third kappa shape index (κ3) is 5.03. The van der Waals surface area contributed by atoms with Gasteiger partial charge in [-0.2, -0.15) is 0 Å². The number of benzene rings is 3. The first kappa shape index (κ1) is 22.9. The largest absolute Gasteiger partial charge is 0.480 e. The first-order valence-electron chi connectivity index (χ1n) is 10.6. The number of nitrogens with zero attached hydrogens (tertiary/aromatic N) is 1. The summed E-state index contributed by atoms with van der Waals surface area (Å²) in [5, 5.41) is 14.2. The molecule has 1 fully saturated rings. The number of hydrogen-bond donors (Lipinski definition) is 3. The summed E-state index contributed by atoms with van der Waals surface area (Å²) in [6.45, 7) is 0.424. The minimum atomic E-state index is -0.993. The summed E-state index contributed by atoms with van der Waals surface area (Å²) < 4.78 is 26.7. The van der Waals surface area contributed by atoms with Crippen molar-refractivity contribution >= 4 is 29.3 Å². The predicted molar refractivity (Wildman–Crippen MR) is 123 cm³/mol. The highest BCUT2D eigenvalue weighted by Crippen LogP contribution is 2.25. The standard InChI is InChI=1S/C25H21F2N3O4/c26-18-9-12-21(20(27)14-18)29-25(34)28-19-10-7-16(8-11-19)15-3-5-17(6-4-15)23(31)30-13-1-2-22(30)24(32)33/h3-12,14,22H,1-2,13H2,(H,32,33)(H2,28,29,34)/t22-/m0/s1. The molecule has 3 N–H and O–H groups in total. The van der Waals surface area contributed by atoms with Gasteiger partial charge in [-0.05, 0) is 60.4 Å². The topological polar surface area (TPSA) is 98.7 Å². The van der Waals surface area contributed by atoms with Crippen LogP contribution in [0.15, 0.2) is 66.7 Å². The van der Waals surface area contributed by atoms with Crippen LogP contribution in [0.4, 0.5) is 25.0 Å². The molecule has 0 aromatic heterocycles. The molecule has 1 heterocycles. The Morgan fingerprint density at radius 3 is 2.15 bits per heavy atom. The number of carbonyl (C=O) groups excluding carboxylic acids is 2. The average Bonchev–Trinajstić information content (AvgIpc) is 3.32. The summed E-state index contributed by atoms with van der Waals surface area (Å²) in [5.41, 5.74) is 2.40. The van der Waals surface area contributed by atoms with E-state index in [4.69, 9.17) is 0 Å². The Balaban J connectivity index is 1.39. The lowest BCUT2D eigenvalue weighted by Crippen LogP contribution is -2.40. The van der Waals surface area contributed by atoms with Crippen LogP contribution in [-0.2, 0) is 4.79 Å². The van der Waals surface area contributed by atoms with Crippen LogP contribution < -0.4 is 10.6 Å². The van der Waals surface area contributed by atoms with Gasteiger partial charge in [0.1, 0.15) is 17.7 Å². The highest BCUT2D eigenvalue weighted by atomic mass is 19.1. The van der Waals surface area contributed by atoms with Crippen molar-refractivity contribution in [3.8, 4) is 11.1 Å². The smallest absolute Gasteiger partial charge is 0.326 e. The number of hydrogen-bond acceptors (Lipinski definition) is 3. The van der Waals surface area contributed by atoms with Crippen LogP contribution in [0.1, 0.15) is 23.2 Å². The second-order valence-corrected chi connectivity index (χ2v) is 7.85. The lowest BCUT2D eigenvalue weighted by molar-refractivity contribution is -0.141. The van der Waals surface area contributed by atoms with Gasteiger partial charge in [0.05, 0.1) is 5.69 Å². The molecule has 0 bridgehead atoms. The van der Waals surface area contributed by atoms with Crippen LogP contribution in [0.25, 0.3) is 11.1 Å². The van der Waals surface area contributed by atoms with Gasteiger partial charge in [-0.25, -0.2) is 18.4 Å². The number of anilines is 2. The Morgan fingerprint density at radius 1 is 0.882 bits per heavy atom. The van der Waals surface area contributed by atoms with Gasteiger partial charge in [0.15, 0.2) is 0 Å². The molecule has 174 valence electrons. The van der Waals surface area contributed by atoms with Gasteiger partial charge < -0.3 is 20.6 Å². The number of carbonyl (C=O) groups is 3. The zero-order valence-corrected chi connectivity index (χ0v) is 17.9. The molecule has 0 radical (unpaired) electrons. The van der Waals surface area contributed by atoms with Crippen molar-refractivity contribution in [1.29, 1.82) is 0 Å². The van der Waals surface area contributed by atoms with Crippen LogP contribution in [0.5, 0.6) is 0 Å². The fraction of sp³-hybridized carbons (Fsp3) is 0.160. The second-order valence-electron chi connectivity index (χ2n) is 7.85. The molecular formula is C25H21F2N3O4. The van der Waals surface area contributed by atoms with Gasteiger partial charge >= 0.3 is 12.0 Å². The third-order valence-corrected chi connectivity index (χ3v) is 5.59. The number of carboxylic acid groups (broad SMARTS) is 1. The first-order chi connectivity index (χ1) is 16.3. The Labute approximate surface area is 194 Å². The molecule has 9 heteroatoms. The quantitative estimate of drug-likeness (QED) is 0.496. The SMILES string of the molecule is O=C(Nc1ccc(-c2ccc(C(=O)N3CCC[C@H]3C(=O)O)cc2)cc1)Nc1ccc(F)cc1F. The molecule has 0 spiro atoms. The molecular weight excluding hydrogens is 444 g/mol. The van der Waals surface area contributed by atoms with E-state index in [0.717, 1.165) is 23.3 Å². The Bertz CT molecular complexity index is 1230. The average molecular weight is 465 g/mol. The molecule has 0 saturated carbocycles. The van der Waals surface area contributed by atoms with E-state index in [0.29, 0.717) is 36.7 Å². The molecule has 1 aliphatic rings. The van der Waals surface area contributed by atoms with Crippen LogP contribution in [0.2, 0.25) is 0 Å². The maximum atomic E-state index is 13.7. The number of rotatable bonds is 5. The number of carboxylic acids is 1. The van der Waals surface area contributed by atoms with E-state index in [1.807, 2.05) is 0 Å². The first-order valence-corrected chi connectivity index (χ1v) is 10.6. The Morgan fingerprint density at radius 2 is 1.53 bits per heavy atom. The van der Waals surface area contributed by atoms with Crippen molar-refractivity contribution in [2.24, 2.45) is 0 Å². The fourth-order valence-corrected chi connectivity index (χ4v) is 3.86. The molecule has 1 aliphatic heterocycles. The van der Waals surface area contributed by atoms with Crippen LogP contribution in [-0.4, -0.2) is 40.5 Å². The molecule has 0 aliphatic carbocycles. The summed E-state index contributed by atoms with van der Waals surface area (Å²) in [4.78, 5) is 37.5. The van der Waals surface area contributed by atoms with Crippen LogP contribution in [0.3, 0.4) is 0 Å². The van der Waals surface area contributed by atoms with Crippen molar-refractivity contribution < 1.29 is 28.3 Å². The molecule has 7 nitrogen and oxygen atoms in total. The second kappa shape index (κ2) is 9.70. The van der Waals surface area contributed by atoms with Crippen molar-refractivity contribution in [2.45, 2.75) is 18.9 Å². The highest BCUT2D eigenvalue weighted by molar-refractivity contribution is 6.00. The monoisotopic (exact) mass is 465 g/mol. The molecule has 0 unspecified atom stereocenters. The van der Waals surface area contributed by atoms with Gasteiger partial charge in [0.2, 0.25) is 0 Å². The normalized spacial score (nSPS) is 15.1. The number of halogens is 2. The number of nitrogens with one attached hydrogen (secondary N) is 2. The van der Waals surface area contributed by atoms with Crippen LogP contribution in [0, 0.1) is 11.6 Å². The van der Waals surface area contributed by atoms with Crippen molar-refractivity contribution in [3.63, 3.8) is 0 Å². The van der Waals surface area contributed by atoms with E-state index in [9.17, 15) is 28.3 Å². The van der Waals surface area contributed by atoms with Crippen LogP contribution >= 0.6 is 0 Å². The molecule has 3 aromatic rings. The third-order valence-electron chi connectivity index (χ3n) is 5.59. The van der Waals surface area contributed by atoms with Gasteiger partial charge in [0.25, 0.3) is 5.91 Å². The fourth-order valence-electron chi connectivity index (χ4n) is 3.86. The highest BCUT2D eigenvalue weighted by Gasteiger charge is 2.34. The predicted octanol–water partition coefficient (Wildman–Crippen LogP) is 4.97. The molecule has 34 heavy (non-hydrogen) atoms. The zero-order chi connectivity index (χ0) is 24.2. The summed E-state index contributed by atoms with van der Waals surface area (Å²) in [6, 6.07) is 15.1. The molecule has 3 aromatic carbocycles. The zero-order valence-electron chi connectivity index (χ0n) is 17.9. The summed E-state index contributed by atoms with van der Waals surface area (Å²) in [5.74, 6) is -2.92. The summed E-state index contributed by atoms with van der Waals surface area (Å²) in [6.07, 6.45) is 1.12. The van der Waals surface area contributed by atoms with E-state index in [1.54, 1.807) is 48.5 Å². The van der Waals surface area contributed by atoms with Crippen molar-refractivity contribution in [1.82, 2.24) is 4.90 Å². The number of likely N-dealkylation sites (tertiary alicyclic amines) is 1. The van der Waals surface area contributed by atoms with Gasteiger partial charge in [-0.15, -0.1) is 0 Å². The maximum absolute atomic E-state index is 13.7. The minimum absolute atomic E-state index is 0.145. The van der Waals surface area contributed by atoms with E-state index in [-0.39, 0.29) is 11.6 Å². The molecule has 1 atom stereocenters. The van der Waals surface area contributed by atoms with Crippen molar-refractivity contribution in [2.75, 3.05) is 17.2 Å². The Kier molecular flexibility index (Phi) is 6.53. The van der Waals surface area contributed by atoms with Crippen molar-refractivity contribution in [3.05, 3.63) is 83.9 Å². The number of aliphatic carboxylic acids is 1. The van der Waals surface area contributed by atoms with E-state index >= 15 is 0 Å². The van der Waals surface area contributed by atoms with E-state index in [1.165, 1.54) is 4.90 Å². The summed E-state index contributed by atoms with van der Waals surface area (Å²) >= 11 is 0. The maximum Gasteiger partial charge on any atom is 0.326 e. The number of urea groups is 1. The van der Waals surface area contributed by atoms with E-state index < -0.39 is 29.7 Å². The van der Waals surface area contributed by atoms with Gasteiger partial charge in [-0.3, -0.25) is 4.79 Å². The minimum Gasteiger partial charge on any atom is -0.480 e. The lowest BCUT2D eigenvalue weighted by Gasteiger charge is -2.21. The molecule has 4 rings (SSSR count). The molecule has 1 saturated heterocycles. The van der Waals surface area contributed by atoms with Gasteiger partial charge in [-0.1, -0.05) is 24.3 Å².